The molecule has 2 aromatic carbocycles. The third kappa shape index (κ3) is 4.30. The second-order valence-electron chi connectivity index (χ2n) is 5.36. The minimum atomic E-state index is -3.67. The summed E-state index contributed by atoms with van der Waals surface area (Å²) in [6.45, 7) is 5.81. The van der Waals surface area contributed by atoms with Gasteiger partial charge in [0.2, 0.25) is 10.0 Å². The number of sulfonamides is 1. The molecule has 0 aliphatic carbocycles. The van der Waals surface area contributed by atoms with Gasteiger partial charge in [-0.15, -0.1) is 0 Å². The first-order valence-electron chi connectivity index (χ1n) is 7.26. The standard InChI is InChI=1S/C17H20FNO3S/c1-12-5-4-6-17(14(12)3)22-10-9-19-23(20,21)15-7-8-16(18)13(2)11-15/h4-8,11,19H,9-10H2,1-3H3. The summed E-state index contributed by atoms with van der Waals surface area (Å²) in [5.41, 5.74) is 2.44. The molecule has 0 amide bonds. The fraction of sp³-hybridized carbons (Fsp3) is 0.294. The van der Waals surface area contributed by atoms with Crippen LogP contribution in [0.2, 0.25) is 0 Å². The van der Waals surface area contributed by atoms with Crippen LogP contribution >= 0.6 is 0 Å². The van der Waals surface area contributed by atoms with Crippen LogP contribution in [0.4, 0.5) is 4.39 Å². The predicted molar refractivity (Wildman–Crippen MR) is 87.7 cm³/mol. The van der Waals surface area contributed by atoms with E-state index in [2.05, 4.69) is 4.72 Å². The van der Waals surface area contributed by atoms with Gasteiger partial charge in [0, 0.05) is 6.54 Å². The van der Waals surface area contributed by atoms with Gasteiger partial charge in [0.15, 0.2) is 0 Å². The number of hydrogen-bond donors (Lipinski definition) is 1. The van der Waals surface area contributed by atoms with E-state index in [0.717, 1.165) is 22.9 Å². The van der Waals surface area contributed by atoms with Crippen molar-refractivity contribution in [3.63, 3.8) is 0 Å². The van der Waals surface area contributed by atoms with Crippen LogP contribution in [0.15, 0.2) is 41.3 Å². The molecule has 0 aromatic heterocycles. The molecule has 0 radical (unpaired) electrons. The van der Waals surface area contributed by atoms with Gasteiger partial charge < -0.3 is 4.74 Å². The van der Waals surface area contributed by atoms with Crippen LogP contribution in [-0.4, -0.2) is 21.6 Å². The molecule has 0 aliphatic heterocycles. The lowest BCUT2D eigenvalue weighted by atomic mass is 10.1. The monoisotopic (exact) mass is 337 g/mol. The number of halogens is 1. The summed E-state index contributed by atoms with van der Waals surface area (Å²) in [4.78, 5) is 0.0446. The number of ether oxygens (including phenoxy) is 1. The van der Waals surface area contributed by atoms with Gasteiger partial charge in [-0.25, -0.2) is 17.5 Å². The van der Waals surface area contributed by atoms with Gasteiger partial charge >= 0.3 is 0 Å². The zero-order valence-electron chi connectivity index (χ0n) is 13.4. The van der Waals surface area contributed by atoms with E-state index in [1.807, 2.05) is 32.0 Å². The Labute approximate surface area is 136 Å². The maximum Gasteiger partial charge on any atom is 0.240 e. The second-order valence-corrected chi connectivity index (χ2v) is 7.12. The number of rotatable bonds is 6. The maximum atomic E-state index is 13.2. The largest absolute Gasteiger partial charge is 0.492 e. The van der Waals surface area contributed by atoms with E-state index in [1.54, 1.807) is 0 Å². The van der Waals surface area contributed by atoms with Crippen LogP contribution in [-0.2, 0) is 10.0 Å². The average Bonchev–Trinajstić information content (AvgIpc) is 2.50. The van der Waals surface area contributed by atoms with Crippen molar-refractivity contribution in [2.75, 3.05) is 13.2 Å². The smallest absolute Gasteiger partial charge is 0.240 e. The molecule has 0 fully saturated rings. The first-order valence-corrected chi connectivity index (χ1v) is 8.74. The zero-order chi connectivity index (χ0) is 17.0. The predicted octanol–water partition coefficient (Wildman–Crippen LogP) is 3.11. The molecule has 0 heterocycles. The van der Waals surface area contributed by atoms with Crippen LogP contribution in [0, 0.1) is 26.6 Å². The molecule has 0 atom stereocenters. The molecule has 124 valence electrons. The Morgan fingerprint density at radius 2 is 1.83 bits per heavy atom. The Kier molecular flexibility index (Phi) is 5.38. The minimum absolute atomic E-state index is 0.0446. The molecule has 23 heavy (non-hydrogen) atoms. The Bertz CT molecular complexity index is 803. The molecule has 0 spiro atoms. The zero-order valence-corrected chi connectivity index (χ0v) is 14.2. The lowest BCUT2D eigenvalue weighted by Crippen LogP contribution is -2.28. The fourth-order valence-electron chi connectivity index (χ4n) is 2.09. The molecule has 1 N–H and O–H groups in total. The summed E-state index contributed by atoms with van der Waals surface area (Å²) in [5, 5.41) is 0. The van der Waals surface area contributed by atoms with E-state index in [9.17, 15) is 12.8 Å². The third-order valence-corrected chi connectivity index (χ3v) is 5.11. The Morgan fingerprint density at radius 1 is 1.09 bits per heavy atom. The fourth-order valence-corrected chi connectivity index (χ4v) is 3.18. The van der Waals surface area contributed by atoms with Gasteiger partial charge in [-0.1, -0.05) is 12.1 Å². The minimum Gasteiger partial charge on any atom is -0.492 e. The molecule has 4 nitrogen and oxygen atoms in total. The summed E-state index contributed by atoms with van der Waals surface area (Å²) in [6, 6.07) is 9.43. The van der Waals surface area contributed by atoms with E-state index >= 15 is 0 Å². The van der Waals surface area contributed by atoms with E-state index in [1.165, 1.54) is 19.1 Å². The number of benzene rings is 2. The van der Waals surface area contributed by atoms with Crippen molar-refractivity contribution < 1.29 is 17.5 Å². The first kappa shape index (κ1) is 17.4. The van der Waals surface area contributed by atoms with Gasteiger partial charge in [-0.3, -0.25) is 0 Å². The van der Waals surface area contributed by atoms with Crippen molar-refractivity contribution in [1.82, 2.24) is 4.72 Å². The van der Waals surface area contributed by atoms with Crippen LogP contribution in [0.5, 0.6) is 5.75 Å². The van der Waals surface area contributed by atoms with Gasteiger partial charge in [0.1, 0.15) is 18.2 Å². The molecule has 0 unspecified atom stereocenters. The molecule has 0 saturated heterocycles. The third-order valence-electron chi connectivity index (χ3n) is 3.65. The van der Waals surface area contributed by atoms with Crippen LogP contribution in [0.1, 0.15) is 16.7 Å². The first-order chi connectivity index (χ1) is 10.8. The van der Waals surface area contributed by atoms with Crippen molar-refractivity contribution >= 4 is 10.0 Å². The highest BCUT2D eigenvalue weighted by atomic mass is 32.2. The SMILES string of the molecule is Cc1cc(S(=O)(=O)NCCOc2cccc(C)c2C)ccc1F. The van der Waals surface area contributed by atoms with E-state index < -0.39 is 15.8 Å². The quantitative estimate of drug-likeness (QED) is 0.824. The summed E-state index contributed by atoms with van der Waals surface area (Å²) in [6.07, 6.45) is 0. The number of hydrogen-bond acceptors (Lipinski definition) is 3. The Morgan fingerprint density at radius 3 is 2.52 bits per heavy atom. The highest BCUT2D eigenvalue weighted by Crippen LogP contribution is 2.20. The van der Waals surface area contributed by atoms with Gasteiger partial charge in [0.25, 0.3) is 0 Å². The average molecular weight is 337 g/mol. The Balaban J connectivity index is 1.95. The number of aryl methyl sites for hydroxylation is 2. The molecular weight excluding hydrogens is 317 g/mol. The van der Waals surface area contributed by atoms with E-state index in [4.69, 9.17) is 4.74 Å². The topological polar surface area (TPSA) is 55.4 Å². The van der Waals surface area contributed by atoms with Crippen molar-refractivity contribution in [1.29, 1.82) is 0 Å². The molecule has 0 aliphatic rings. The summed E-state index contributed by atoms with van der Waals surface area (Å²) < 4.78 is 45.6. The molecule has 0 bridgehead atoms. The highest BCUT2D eigenvalue weighted by molar-refractivity contribution is 7.89. The maximum absolute atomic E-state index is 13.2. The lowest BCUT2D eigenvalue weighted by molar-refractivity contribution is 0.320. The summed E-state index contributed by atoms with van der Waals surface area (Å²) in [5.74, 6) is 0.309. The van der Waals surface area contributed by atoms with E-state index in [0.29, 0.717) is 5.56 Å². The summed E-state index contributed by atoms with van der Waals surface area (Å²) in [7, 11) is -3.67. The van der Waals surface area contributed by atoms with Crippen molar-refractivity contribution in [2.45, 2.75) is 25.7 Å². The van der Waals surface area contributed by atoms with Crippen LogP contribution in [0.25, 0.3) is 0 Å². The Hall–Kier alpha value is -1.92. The lowest BCUT2D eigenvalue weighted by Gasteiger charge is -2.12. The number of nitrogens with one attached hydrogen (secondary N) is 1. The van der Waals surface area contributed by atoms with Gasteiger partial charge in [-0.2, -0.15) is 0 Å². The molecule has 2 aromatic rings. The van der Waals surface area contributed by atoms with E-state index in [-0.39, 0.29) is 18.0 Å². The van der Waals surface area contributed by atoms with Crippen molar-refractivity contribution in [3.05, 3.63) is 58.9 Å². The molecule has 6 heteroatoms. The second kappa shape index (κ2) is 7.10. The highest BCUT2D eigenvalue weighted by Gasteiger charge is 2.14. The molecule has 2 rings (SSSR count). The molecule has 0 saturated carbocycles. The van der Waals surface area contributed by atoms with Crippen LogP contribution in [0.3, 0.4) is 0 Å². The van der Waals surface area contributed by atoms with Crippen molar-refractivity contribution in [2.24, 2.45) is 0 Å². The van der Waals surface area contributed by atoms with Gasteiger partial charge in [-0.05, 0) is 61.7 Å². The van der Waals surface area contributed by atoms with Crippen LogP contribution < -0.4 is 9.46 Å². The molecular formula is C17H20FNO3S. The summed E-state index contributed by atoms with van der Waals surface area (Å²) >= 11 is 0. The van der Waals surface area contributed by atoms with Crippen molar-refractivity contribution in [3.8, 4) is 5.75 Å². The van der Waals surface area contributed by atoms with Gasteiger partial charge in [0.05, 0.1) is 4.90 Å². The normalized spacial score (nSPS) is 11.5.